The Morgan fingerprint density at radius 3 is 3.00 bits per heavy atom. The summed E-state index contributed by atoms with van der Waals surface area (Å²) in [5, 5.41) is 14.5. The molecule has 0 aliphatic carbocycles. The first-order valence-electron chi connectivity index (χ1n) is 7.99. The van der Waals surface area contributed by atoms with Crippen molar-refractivity contribution in [3.63, 3.8) is 0 Å². The Balaban J connectivity index is 1.40. The van der Waals surface area contributed by atoms with Crippen LogP contribution >= 0.6 is 0 Å². The van der Waals surface area contributed by atoms with Crippen molar-refractivity contribution in [2.24, 2.45) is 0 Å². The summed E-state index contributed by atoms with van der Waals surface area (Å²) >= 11 is 0. The van der Waals surface area contributed by atoms with Gasteiger partial charge in [-0.15, -0.1) is 5.10 Å². The van der Waals surface area contributed by atoms with Crippen molar-refractivity contribution < 1.29 is 4.79 Å². The molecule has 0 radical (unpaired) electrons. The van der Waals surface area contributed by atoms with Gasteiger partial charge in [0.05, 0.1) is 12.2 Å². The van der Waals surface area contributed by atoms with Gasteiger partial charge < -0.3 is 10.6 Å². The number of piperidine rings is 1. The topological polar surface area (TPSA) is 75.1 Å². The predicted octanol–water partition coefficient (Wildman–Crippen LogP) is -0.221. The Kier molecular flexibility index (Phi) is 3.39. The maximum absolute atomic E-state index is 12.4. The second-order valence-electron chi connectivity index (χ2n) is 6.36. The molecule has 3 aliphatic heterocycles. The van der Waals surface area contributed by atoms with Crippen LogP contribution in [-0.2, 0) is 0 Å². The Morgan fingerprint density at radius 1 is 1.29 bits per heavy atom. The van der Waals surface area contributed by atoms with Crippen molar-refractivity contribution in [3.8, 4) is 0 Å². The highest BCUT2D eigenvalue weighted by molar-refractivity contribution is 5.92. The molecule has 0 bridgehead atoms. The minimum atomic E-state index is -0.0778. The summed E-state index contributed by atoms with van der Waals surface area (Å²) in [6, 6.07) is 1.14. The molecule has 7 nitrogen and oxygen atoms in total. The van der Waals surface area contributed by atoms with Crippen molar-refractivity contribution in [1.29, 1.82) is 0 Å². The van der Waals surface area contributed by atoms with Crippen LogP contribution in [0.15, 0.2) is 6.20 Å². The smallest absolute Gasteiger partial charge is 0.273 e. The molecule has 1 aromatic rings. The first kappa shape index (κ1) is 13.2. The normalized spacial score (nSPS) is 29.9. The molecule has 0 saturated carbocycles. The number of carbonyl (C=O) groups is 1. The van der Waals surface area contributed by atoms with E-state index in [1.165, 1.54) is 25.8 Å². The fourth-order valence-electron chi connectivity index (χ4n) is 3.68. The fourth-order valence-corrected chi connectivity index (χ4v) is 3.68. The van der Waals surface area contributed by atoms with Crippen molar-refractivity contribution >= 4 is 5.91 Å². The van der Waals surface area contributed by atoms with E-state index >= 15 is 0 Å². The van der Waals surface area contributed by atoms with Crippen molar-refractivity contribution in [2.45, 2.75) is 43.8 Å². The third-order valence-electron chi connectivity index (χ3n) is 5.05. The Bertz CT molecular complexity index is 525. The van der Waals surface area contributed by atoms with Crippen molar-refractivity contribution in [3.05, 3.63) is 11.9 Å². The van der Waals surface area contributed by atoms with E-state index in [0.29, 0.717) is 17.8 Å². The highest BCUT2D eigenvalue weighted by Crippen LogP contribution is 2.27. The second-order valence-corrected chi connectivity index (χ2v) is 6.36. The number of fused-ring (bicyclic) bond motifs is 1. The number of hydrogen-bond donors (Lipinski definition) is 2. The van der Waals surface area contributed by atoms with Gasteiger partial charge in [-0.25, -0.2) is 4.68 Å². The van der Waals surface area contributed by atoms with Gasteiger partial charge in [-0.05, 0) is 25.8 Å². The molecule has 2 N–H and O–H groups in total. The molecule has 114 valence electrons. The minimum Gasteiger partial charge on any atom is -0.346 e. The molecular formula is C14H22N6O. The Hall–Kier alpha value is -1.47. The van der Waals surface area contributed by atoms with Crippen LogP contribution in [0.4, 0.5) is 0 Å². The quantitative estimate of drug-likeness (QED) is 0.805. The zero-order chi connectivity index (χ0) is 14.2. The van der Waals surface area contributed by atoms with E-state index in [1.54, 1.807) is 10.9 Å². The number of hydrogen-bond acceptors (Lipinski definition) is 5. The molecule has 3 aliphatic rings. The predicted molar refractivity (Wildman–Crippen MR) is 77.0 cm³/mol. The van der Waals surface area contributed by atoms with Gasteiger partial charge in [-0.3, -0.25) is 9.69 Å². The number of carbonyl (C=O) groups excluding carboxylic acids is 1. The fraction of sp³-hybridized carbons (Fsp3) is 0.786. The van der Waals surface area contributed by atoms with E-state index < -0.39 is 0 Å². The summed E-state index contributed by atoms with van der Waals surface area (Å²) in [7, 11) is 0. The lowest BCUT2D eigenvalue weighted by molar-refractivity contribution is 0.0910. The first-order chi connectivity index (χ1) is 10.3. The van der Waals surface area contributed by atoms with Crippen LogP contribution in [0, 0.1) is 0 Å². The molecule has 4 rings (SSSR count). The van der Waals surface area contributed by atoms with Gasteiger partial charge in [0.2, 0.25) is 0 Å². The van der Waals surface area contributed by atoms with E-state index in [4.69, 9.17) is 0 Å². The molecule has 3 fully saturated rings. The van der Waals surface area contributed by atoms with E-state index in [1.807, 2.05) is 0 Å². The van der Waals surface area contributed by atoms with Crippen LogP contribution in [0.5, 0.6) is 0 Å². The highest BCUT2D eigenvalue weighted by Gasteiger charge is 2.36. The SMILES string of the molecule is O=C(NC1CCN2CCCCC12)c1cn(C2CNC2)nn1. The van der Waals surface area contributed by atoms with E-state index in [2.05, 4.69) is 25.8 Å². The lowest BCUT2D eigenvalue weighted by atomic mass is 9.99. The summed E-state index contributed by atoms with van der Waals surface area (Å²) in [5.41, 5.74) is 0.441. The Labute approximate surface area is 124 Å². The molecule has 0 spiro atoms. The second kappa shape index (κ2) is 5.38. The Morgan fingerprint density at radius 2 is 2.19 bits per heavy atom. The highest BCUT2D eigenvalue weighted by atomic mass is 16.2. The van der Waals surface area contributed by atoms with Crippen LogP contribution in [0.25, 0.3) is 0 Å². The van der Waals surface area contributed by atoms with Gasteiger partial charge in [-0.2, -0.15) is 0 Å². The molecule has 2 atom stereocenters. The van der Waals surface area contributed by atoms with E-state index in [0.717, 1.165) is 26.1 Å². The van der Waals surface area contributed by atoms with Gasteiger partial charge in [0.25, 0.3) is 5.91 Å². The molecule has 1 amide bonds. The van der Waals surface area contributed by atoms with E-state index in [9.17, 15) is 4.79 Å². The van der Waals surface area contributed by atoms with Gasteiger partial charge in [-0.1, -0.05) is 11.6 Å². The summed E-state index contributed by atoms with van der Waals surface area (Å²) in [4.78, 5) is 14.9. The number of nitrogens with zero attached hydrogens (tertiary/aromatic N) is 4. The molecule has 3 saturated heterocycles. The van der Waals surface area contributed by atoms with Crippen LogP contribution in [0.1, 0.15) is 42.2 Å². The summed E-state index contributed by atoms with van der Waals surface area (Å²) < 4.78 is 1.80. The maximum Gasteiger partial charge on any atom is 0.273 e. The standard InChI is InChI=1S/C14H22N6O/c21-14(12-9-20(18-17-12)10-7-15-8-10)16-11-4-6-19-5-2-1-3-13(11)19/h9-11,13,15H,1-8H2,(H,16,21). The lowest BCUT2D eigenvalue weighted by Gasteiger charge is -2.32. The van der Waals surface area contributed by atoms with Gasteiger partial charge in [0.1, 0.15) is 0 Å². The van der Waals surface area contributed by atoms with Gasteiger partial charge in [0, 0.05) is 31.7 Å². The number of amides is 1. The monoisotopic (exact) mass is 290 g/mol. The van der Waals surface area contributed by atoms with Crippen LogP contribution in [0.2, 0.25) is 0 Å². The largest absolute Gasteiger partial charge is 0.346 e. The van der Waals surface area contributed by atoms with Crippen molar-refractivity contribution in [2.75, 3.05) is 26.2 Å². The summed E-state index contributed by atoms with van der Waals surface area (Å²) in [5.74, 6) is -0.0778. The van der Waals surface area contributed by atoms with Crippen LogP contribution in [-0.4, -0.2) is 64.1 Å². The molecule has 21 heavy (non-hydrogen) atoms. The van der Waals surface area contributed by atoms with Crippen molar-refractivity contribution in [1.82, 2.24) is 30.5 Å². The molecule has 2 unspecified atom stereocenters. The van der Waals surface area contributed by atoms with E-state index in [-0.39, 0.29) is 11.9 Å². The molecule has 1 aromatic heterocycles. The van der Waals surface area contributed by atoms with Crippen LogP contribution in [0.3, 0.4) is 0 Å². The molecule has 7 heteroatoms. The molecule has 0 aromatic carbocycles. The summed E-state index contributed by atoms with van der Waals surface area (Å²) in [6.45, 7) is 4.10. The maximum atomic E-state index is 12.4. The third-order valence-corrected chi connectivity index (χ3v) is 5.05. The van der Waals surface area contributed by atoms with Gasteiger partial charge in [0.15, 0.2) is 5.69 Å². The number of nitrogens with one attached hydrogen (secondary N) is 2. The zero-order valence-electron chi connectivity index (χ0n) is 12.2. The third kappa shape index (κ3) is 2.44. The molecular weight excluding hydrogens is 268 g/mol. The first-order valence-corrected chi connectivity index (χ1v) is 7.99. The van der Waals surface area contributed by atoms with Gasteiger partial charge >= 0.3 is 0 Å². The van der Waals surface area contributed by atoms with Crippen LogP contribution < -0.4 is 10.6 Å². The number of aromatic nitrogens is 3. The summed E-state index contributed by atoms with van der Waals surface area (Å²) in [6.07, 6.45) is 6.59. The zero-order valence-corrected chi connectivity index (χ0v) is 12.2. The number of rotatable bonds is 3. The molecule has 4 heterocycles. The average molecular weight is 290 g/mol. The lowest BCUT2D eigenvalue weighted by Crippen LogP contribution is -2.46. The minimum absolute atomic E-state index is 0.0778. The average Bonchev–Trinajstić information content (AvgIpc) is 3.05.